The van der Waals surface area contributed by atoms with Gasteiger partial charge < -0.3 is 10.2 Å². The standard InChI is InChI=1S/C19H27ClN4O/c1-3-24(4-2)18-21-11-15(20)16(22-18)17(25)23-19-8-12-5-13(9-19)7-14(6-12)10-19/h11-14H,3-10H2,1-2H3,(H,23,25). The highest BCUT2D eigenvalue weighted by atomic mass is 35.5. The third-order valence-electron chi connectivity index (χ3n) is 6.41. The number of halogens is 1. The topological polar surface area (TPSA) is 58.1 Å². The van der Waals surface area contributed by atoms with Crippen LogP contribution in [0.5, 0.6) is 0 Å². The fourth-order valence-electron chi connectivity index (χ4n) is 5.74. The smallest absolute Gasteiger partial charge is 0.272 e. The summed E-state index contributed by atoms with van der Waals surface area (Å²) in [6.45, 7) is 5.70. The highest BCUT2D eigenvalue weighted by molar-refractivity contribution is 6.33. The first-order chi connectivity index (χ1) is 12.0. The summed E-state index contributed by atoms with van der Waals surface area (Å²) in [4.78, 5) is 23.8. The monoisotopic (exact) mass is 362 g/mol. The first kappa shape index (κ1) is 17.1. The van der Waals surface area contributed by atoms with E-state index in [0.717, 1.165) is 50.1 Å². The van der Waals surface area contributed by atoms with Gasteiger partial charge in [-0.1, -0.05) is 11.6 Å². The maximum absolute atomic E-state index is 13.0. The van der Waals surface area contributed by atoms with Gasteiger partial charge in [-0.05, 0) is 70.1 Å². The zero-order chi connectivity index (χ0) is 17.6. The average molecular weight is 363 g/mol. The van der Waals surface area contributed by atoms with Gasteiger partial charge in [0.05, 0.1) is 11.2 Å². The molecule has 1 aromatic rings. The van der Waals surface area contributed by atoms with Crippen molar-refractivity contribution in [1.82, 2.24) is 15.3 Å². The summed E-state index contributed by atoms with van der Waals surface area (Å²) in [5.74, 6) is 2.81. The molecule has 1 amide bonds. The Hall–Kier alpha value is -1.36. The van der Waals surface area contributed by atoms with Crippen LogP contribution in [0.2, 0.25) is 5.02 Å². The van der Waals surface area contributed by atoms with Gasteiger partial charge in [0.25, 0.3) is 5.91 Å². The third kappa shape index (κ3) is 3.12. The van der Waals surface area contributed by atoms with E-state index in [0.29, 0.717) is 16.7 Å². The second kappa shape index (κ2) is 6.42. The van der Waals surface area contributed by atoms with E-state index in [1.54, 1.807) is 6.20 Å². The highest BCUT2D eigenvalue weighted by Crippen LogP contribution is 2.55. The van der Waals surface area contributed by atoms with Crippen LogP contribution in [0.25, 0.3) is 0 Å². The maximum atomic E-state index is 13.0. The van der Waals surface area contributed by atoms with E-state index in [-0.39, 0.29) is 11.4 Å². The summed E-state index contributed by atoms with van der Waals surface area (Å²) in [7, 11) is 0. The molecule has 25 heavy (non-hydrogen) atoms. The van der Waals surface area contributed by atoms with Crippen molar-refractivity contribution >= 4 is 23.5 Å². The molecule has 4 bridgehead atoms. The van der Waals surface area contributed by atoms with Crippen LogP contribution < -0.4 is 10.2 Å². The Kier molecular flexibility index (Phi) is 4.38. The molecule has 0 aliphatic heterocycles. The summed E-state index contributed by atoms with van der Waals surface area (Å²) in [6, 6.07) is 0. The van der Waals surface area contributed by atoms with Gasteiger partial charge in [0, 0.05) is 18.6 Å². The molecule has 0 atom stereocenters. The van der Waals surface area contributed by atoms with Gasteiger partial charge in [-0.15, -0.1) is 0 Å². The summed E-state index contributed by atoms with van der Waals surface area (Å²) < 4.78 is 0. The molecule has 4 fully saturated rings. The lowest BCUT2D eigenvalue weighted by Crippen LogP contribution is -2.60. The lowest BCUT2D eigenvalue weighted by atomic mass is 9.53. The molecule has 0 aromatic carbocycles. The predicted molar refractivity (Wildman–Crippen MR) is 99.0 cm³/mol. The van der Waals surface area contributed by atoms with Gasteiger partial charge in [-0.3, -0.25) is 4.79 Å². The molecule has 6 heteroatoms. The number of aromatic nitrogens is 2. The van der Waals surface area contributed by atoms with Gasteiger partial charge in [0.1, 0.15) is 0 Å². The van der Waals surface area contributed by atoms with Gasteiger partial charge in [-0.25, -0.2) is 9.97 Å². The molecular formula is C19H27ClN4O. The van der Waals surface area contributed by atoms with Crippen molar-refractivity contribution in [3.05, 3.63) is 16.9 Å². The third-order valence-corrected chi connectivity index (χ3v) is 6.69. The molecule has 1 heterocycles. The predicted octanol–water partition coefficient (Wildman–Crippen LogP) is 3.67. The Morgan fingerprint density at radius 2 is 1.76 bits per heavy atom. The number of nitrogens with one attached hydrogen (secondary N) is 1. The van der Waals surface area contributed by atoms with Crippen LogP contribution in [0.3, 0.4) is 0 Å². The summed E-state index contributed by atoms with van der Waals surface area (Å²) in [5.41, 5.74) is 0.282. The van der Waals surface area contributed by atoms with E-state index in [4.69, 9.17) is 11.6 Å². The van der Waals surface area contributed by atoms with Gasteiger partial charge in [0.2, 0.25) is 5.95 Å². The van der Waals surface area contributed by atoms with Crippen molar-refractivity contribution in [3.63, 3.8) is 0 Å². The van der Waals surface area contributed by atoms with E-state index in [1.165, 1.54) is 19.3 Å². The SMILES string of the molecule is CCN(CC)c1ncc(Cl)c(C(=O)NC23CC4CC(CC(C4)C2)C3)n1. The number of amides is 1. The first-order valence-corrected chi connectivity index (χ1v) is 9.99. The molecule has 4 aliphatic rings. The van der Waals surface area contributed by atoms with Crippen LogP contribution in [0.1, 0.15) is 62.9 Å². The minimum atomic E-state index is -0.136. The summed E-state index contributed by atoms with van der Waals surface area (Å²) >= 11 is 6.26. The van der Waals surface area contributed by atoms with E-state index in [2.05, 4.69) is 29.1 Å². The molecular weight excluding hydrogens is 336 g/mol. The first-order valence-electron chi connectivity index (χ1n) is 9.62. The van der Waals surface area contributed by atoms with Crippen LogP contribution in [0.4, 0.5) is 5.95 Å². The number of hydrogen-bond acceptors (Lipinski definition) is 4. The minimum absolute atomic E-state index is 0.0323. The van der Waals surface area contributed by atoms with Gasteiger partial charge in [0.15, 0.2) is 5.69 Å². The molecule has 4 aliphatic carbocycles. The number of hydrogen-bond donors (Lipinski definition) is 1. The Morgan fingerprint density at radius 1 is 1.20 bits per heavy atom. The van der Waals surface area contributed by atoms with Crippen molar-refractivity contribution in [2.45, 2.75) is 57.9 Å². The number of rotatable bonds is 5. The van der Waals surface area contributed by atoms with E-state index in [9.17, 15) is 4.79 Å². The molecule has 0 unspecified atom stereocenters. The van der Waals surface area contributed by atoms with Crippen molar-refractivity contribution in [3.8, 4) is 0 Å². The fourth-order valence-corrected chi connectivity index (χ4v) is 5.92. The Morgan fingerprint density at radius 3 is 2.28 bits per heavy atom. The van der Waals surface area contributed by atoms with Crippen LogP contribution in [-0.4, -0.2) is 34.5 Å². The second-order valence-electron chi connectivity index (χ2n) is 8.19. The van der Waals surface area contributed by atoms with Crippen molar-refractivity contribution in [2.24, 2.45) is 17.8 Å². The van der Waals surface area contributed by atoms with E-state index < -0.39 is 0 Å². The van der Waals surface area contributed by atoms with Crippen molar-refractivity contribution in [2.75, 3.05) is 18.0 Å². The largest absolute Gasteiger partial charge is 0.345 e. The molecule has 0 spiro atoms. The molecule has 4 saturated carbocycles. The van der Waals surface area contributed by atoms with Crippen molar-refractivity contribution in [1.29, 1.82) is 0 Å². The lowest BCUT2D eigenvalue weighted by Gasteiger charge is -2.56. The van der Waals surface area contributed by atoms with Crippen LogP contribution >= 0.6 is 11.6 Å². The van der Waals surface area contributed by atoms with E-state index >= 15 is 0 Å². The number of carbonyl (C=O) groups excluding carboxylic acids is 1. The normalized spacial score (nSPS) is 32.7. The number of carbonyl (C=O) groups is 1. The molecule has 5 nitrogen and oxygen atoms in total. The number of nitrogens with zero attached hydrogens (tertiary/aromatic N) is 3. The molecule has 5 rings (SSSR count). The molecule has 136 valence electrons. The van der Waals surface area contributed by atoms with Crippen LogP contribution in [-0.2, 0) is 0 Å². The van der Waals surface area contributed by atoms with Crippen molar-refractivity contribution < 1.29 is 4.79 Å². The zero-order valence-corrected chi connectivity index (χ0v) is 15.9. The van der Waals surface area contributed by atoms with Crippen LogP contribution in [0, 0.1) is 17.8 Å². The summed E-state index contributed by atoms with van der Waals surface area (Å²) in [5, 5.41) is 3.68. The Balaban J connectivity index is 1.56. The second-order valence-corrected chi connectivity index (χ2v) is 8.60. The molecule has 1 aromatic heterocycles. The number of anilines is 1. The molecule has 0 saturated heterocycles. The average Bonchev–Trinajstić information content (AvgIpc) is 2.55. The van der Waals surface area contributed by atoms with Gasteiger partial charge in [-0.2, -0.15) is 0 Å². The minimum Gasteiger partial charge on any atom is -0.345 e. The zero-order valence-electron chi connectivity index (χ0n) is 15.1. The maximum Gasteiger partial charge on any atom is 0.272 e. The Labute approximate surface area is 154 Å². The van der Waals surface area contributed by atoms with Gasteiger partial charge >= 0.3 is 0 Å². The lowest BCUT2D eigenvalue weighted by molar-refractivity contribution is -0.0167. The summed E-state index contributed by atoms with van der Waals surface area (Å²) in [6.07, 6.45) is 8.99. The quantitative estimate of drug-likeness (QED) is 0.868. The molecule has 0 radical (unpaired) electrons. The molecule has 1 N–H and O–H groups in total. The highest BCUT2D eigenvalue weighted by Gasteiger charge is 2.51. The Bertz CT molecular complexity index is 638. The van der Waals surface area contributed by atoms with E-state index in [1.807, 2.05) is 4.90 Å². The van der Waals surface area contributed by atoms with Crippen LogP contribution in [0.15, 0.2) is 6.20 Å². The fraction of sp³-hybridized carbons (Fsp3) is 0.737.